The maximum Gasteiger partial charge on any atom is 0.341 e. The number of rotatable bonds is 7. The van der Waals surface area contributed by atoms with Gasteiger partial charge in [-0.15, -0.1) is 0 Å². The average Bonchev–Trinajstić information content (AvgIpc) is 3.21. The molecule has 0 spiro atoms. The third-order valence-corrected chi connectivity index (χ3v) is 5.16. The summed E-state index contributed by atoms with van der Waals surface area (Å²) in [5.74, 6) is 0.160. The third-order valence-electron chi connectivity index (χ3n) is 5.16. The minimum atomic E-state index is -1.06. The van der Waals surface area contributed by atoms with Crippen LogP contribution in [0.15, 0.2) is 18.2 Å². The zero-order valence-electron chi connectivity index (χ0n) is 15.7. The van der Waals surface area contributed by atoms with E-state index >= 15 is 0 Å². The van der Waals surface area contributed by atoms with Gasteiger partial charge in [0.05, 0.1) is 12.7 Å². The number of hydrogen-bond donors (Lipinski definition) is 1. The fraction of sp³-hybridized carbons (Fsp3) is 0.600. The second-order valence-electron chi connectivity index (χ2n) is 6.96. The van der Waals surface area contributed by atoms with Gasteiger partial charge in [0.2, 0.25) is 0 Å². The fourth-order valence-electron chi connectivity index (χ4n) is 3.80. The van der Waals surface area contributed by atoms with Crippen LogP contribution in [0.4, 0.5) is 0 Å². The summed E-state index contributed by atoms with van der Waals surface area (Å²) in [5, 5.41) is 8.77. The molecule has 148 valence electrons. The van der Waals surface area contributed by atoms with E-state index in [1.165, 1.54) is 0 Å². The second kappa shape index (κ2) is 9.08. The van der Waals surface area contributed by atoms with Crippen LogP contribution in [-0.4, -0.2) is 60.9 Å². The Morgan fingerprint density at radius 3 is 2.59 bits per heavy atom. The minimum absolute atomic E-state index is 0.0356. The predicted molar refractivity (Wildman–Crippen MR) is 98.3 cm³/mol. The molecule has 0 radical (unpaired) electrons. The first-order valence-corrected chi connectivity index (χ1v) is 9.60. The molecule has 27 heavy (non-hydrogen) atoms. The van der Waals surface area contributed by atoms with E-state index < -0.39 is 12.6 Å². The molecule has 7 nitrogen and oxygen atoms in total. The number of nitrogens with zero attached hydrogens (tertiary/aromatic N) is 1. The Morgan fingerprint density at radius 2 is 1.96 bits per heavy atom. The first-order chi connectivity index (χ1) is 13.1. The van der Waals surface area contributed by atoms with Gasteiger partial charge in [0.25, 0.3) is 5.91 Å². The molecule has 2 saturated heterocycles. The van der Waals surface area contributed by atoms with E-state index in [9.17, 15) is 9.59 Å². The molecule has 1 amide bonds. The van der Waals surface area contributed by atoms with E-state index in [1.807, 2.05) is 11.8 Å². The number of aliphatic carboxylic acids is 1. The first-order valence-electron chi connectivity index (χ1n) is 9.60. The van der Waals surface area contributed by atoms with Crippen molar-refractivity contribution in [2.45, 2.75) is 38.7 Å². The van der Waals surface area contributed by atoms with Gasteiger partial charge >= 0.3 is 5.97 Å². The highest BCUT2D eigenvalue weighted by atomic mass is 16.5. The van der Waals surface area contributed by atoms with E-state index in [0.29, 0.717) is 35.7 Å². The number of carbonyl (C=O) groups excluding carboxylic acids is 1. The van der Waals surface area contributed by atoms with Gasteiger partial charge in [-0.1, -0.05) is 0 Å². The van der Waals surface area contributed by atoms with Crippen molar-refractivity contribution in [3.05, 3.63) is 23.8 Å². The number of benzene rings is 1. The normalized spacial score (nSPS) is 20.5. The summed E-state index contributed by atoms with van der Waals surface area (Å²) in [6.07, 6.45) is 4.56. The van der Waals surface area contributed by atoms with Gasteiger partial charge in [0.15, 0.2) is 18.1 Å². The summed E-state index contributed by atoms with van der Waals surface area (Å²) in [7, 11) is 0. The SMILES string of the molecule is CCOc1cc(C(=O)N2CCC(C3CCCO3)CC2)ccc1OCC(=O)O. The van der Waals surface area contributed by atoms with Crippen LogP contribution in [0.1, 0.15) is 43.0 Å². The van der Waals surface area contributed by atoms with Gasteiger partial charge in [0, 0.05) is 25.3 Å². The number of likely N-dealkylation sites (tertiary alicyclic amines) is 1. The maximum absolute atomic E-state index is 12.9. The van der Waals surface area contributed by atoms with Crippen LogP contribution < -0.4 is 9.47 Å². The topological polar surface area (TPSA) is 85.3 Å². The highest BCUT2D eigenvalue weighted by Crippen LogP contribution is 2.31. The summed E-state index contributed by atoms with van der Waals surface area (Å²) in [6, 6.07) is 4.89. The van der Waals surface area contributed by atoms with Crippen molar-refractivity contribution in [2.24, 2.45) is 5.92 Å². The number of carboxylic acid groups (broad SMARTS) is 1. The monoisotopic (exact) mass is 377 g/mol. The Hall–Kier alpha value is -2.28. The average molecular weight is 377 g/mol. The highest BCUT2D eigenvalue weighted by Gasteiger charge is 2.31. The van der Waals surface area contributed by atoms with Crippen molar-refractivity contribution < 1.29 is 28.9 Å². The molecule has 1 aromatic carbocycles. The highest BCUT2D eigenvalue weighted by molar-refractivity contribution is 5.95. The van der Waals surface area contributed by atoms with Crippen LogP contribution in [0.3, 0.4) is 0 Å². The Balaban J connectivity index is 1.63. The van der Waals surface area contributed by atoms with Gasteiger partial charge in [-0.3, -0.25) is 4.79 Å². The van der Waals surface area contributed by atoms with Gasteiger partial charge in [-0.05, 0) is 56.7 Å². The Morgan fingerprint density at radius 1 is 1.19 bits per heavy atom. The standard InChI is InChI=1S/C20H27NO6/c1-2-25-18-12-15(5-6-17(18)27-13-19(22)23)20(24)21-9-7-14(8-10-21)16-4-3-11-26-16/h5-6,12,14,16H,2-4,7-11,13H2,1H3,(H,22,23). The molecular weight excluding hydrogens is 350 g/mol. The van der Waals surface area contributed by atoms with Crippen molar-refractivity contribution in [3.63, 3.8) is 0 Å². The molecule has 2 aliphatic rings. The molecule has 7 heteroatoms. The minimum Gasteiger partial charge on any atom is -0.490 e. The summed E-state index contributed by atoms with van der Waals surface area (Å²) in [5.41, 5.74) is 0.525. The lowest BCUT2D eigenvalue weighted by Gasteiger charge is -2.34. The number of carboxylic acids is 1. The molecule has 2 heterocycles. The number of piperidine rings is 1. The lowest BCUT2D eigenvalue weighted by Crippen LogP contribution is -2.41. The van der Waals surface area contributed by atoms with E-state index in [1.54, 1.807) is 18.2 Å². The van der Waals surface area contributed by atoms with Crippen LogP contribution in [0, 0.1) is 5.92 Å². The Labute approximate surface area is 159 Å². The molecule has 0 aliphatic carbocycles. The molecule has 3 rings (SSSR count). The number of ether oxygens (including phenoxy) is 3. The van der Waals surface area contributed by atoms with Crippen molar-refractivity contribution in [2.75, 3.05) is 32.9 Å². The first kappa shape index (κ1) is 19.5. The molecule has 1 aromatic rings. The molecule has 0 saturated carbocycles. The van der Waals surface area contributed by atoms with Crippen LogP contribution >= 0.6 is 0 Å². The lowest BCUT2D eigenvalue weighted by molar-refractivity contribution is -0.139. The number of hydrogen-bond acceptors (Lipinski definition) is 5. The summed E-state index contributed by atoms with van der Waals surface area (Å²) < 4.78 is 16.6. The summed E-state index contributed by atoms with van der Waals surface area (Å²) in [4.78, 5) is 25.4. The van der Waals surface area contributed by atoms with Crippen molar-refractivity contribution in [3.8, 4) is 11.5 Å². The van der Waals surface area contributed by atoms with Crippen molar-refractivity contribution >= 4 is 11.9 Å². The zero-order chi connectivity index (χ0) is 19.2. The zero-order valence-corrected chi connectivity index (χ0v) is 15.7. The number of carbonyl (C=O) groups is 2. The Kier molecular flexibility index (Phi) is 6.55. The van der Waals surface area contributed by atoms with Crippen molar-refractivity contribution in [1.82, 2.24) is 4.90 Å². The lowest BCUT2D eigenvalue weighted by atomic mass is 9.89. The van der Waals surface area contributed by atoms with E-state index in [0.717, 1.165) is 45.4 Å². The van der Waals surface area contributed by atoms with Gasteiger partial charge in [0.1, 0.15) is 0 Å². The molecule has 1 N–H and O–H groups in total. The molecule has 0 aromatic heterocycles. The second-order valence-corrected chi connectivity index (χ2v) is 6.96. The summed E-state index contributed by atoms with van der Waals surface area (Å²) >= 11 is 0. The predicted octanol–water partition coefficient (Wildman–Crippen LogP) is 2.58. The van der Waals surface area contributed by atoms with Gasteiger partial charge in [-0.25, -0.2) is 4.79 Å². The van der Waals surface area contributed by atoms with Crippen LogP contribution in [0.5, 0.6) is 11.5 Å². The summed E-state index contributed by atoms with van der Waals surface area (Å²) in [6.45, 7) is 4.08. The van der Waals surface area contributed by atoms with E-state index in [2.05, 4.69) is 0 Å². The molecule has 2 fully saturated rings. The fourth-order valence-corrected chi connectivity index (χ4v) is 3.80. The number of amides is 1. The molecule has 2 aliphatic heterocycles. The third kappa shape index (κ3) is 4.91. The van der Waals surface area contributed by atoms with Crippen LogP contribution in [-0.2, 0) is 9.53 Å². The van der Waals surface area contributed by atoms with Gasteiger partial charge < -0.3 is 24.2 Å². The molecular formula is C20H27NO6. The van der Waals surface area contributed by atoms with Crippen molar-refractivity contribution in [1.29, 1.82) is 0 Å². The molecule has 1 unspecified atom stereocenters. The van der Waals surface area contributed by atoms with E-state index in [4.69, 9.17) is 19.3 Å². The molecule has 1 atom stereocenters. The van der Waals surface area contributed by atoms with E-state index in [-0.39, 0.29) is 5.91 Å². The molecule has 0 bridgehead atoms. The van der Waals surface area contributed by atoms with Gasteiger partial charge in [-0.2, -0.15) is 0 Å². The quantitative estimate of drug-likeness (QED) is 0.786. The maximum atomic E-state index is 12.9. The smallest absolute Gasteiger partial charge is 0.341 e. The van der Waals surface area contributed by atoms with Crippen LogP contribution in [0.25, 0.3) is 0 Å². The largest absolute Gasteiger partial charge is 0.490 e. The Bertz CT molecular complexity index is 662. The van der Waals surface area contributed by atoms with Crippen LogP contribution in [0.2, 0.25) is 0 Å².